The number of benzene rings is 2. The standard InChI is InChI=1S/C26H24ClF5N6O3/c27-16-2-4-18(20(11-16)38-9-7-37(8-10-38)6-5-26(30,31)32)36-24(40)17-3-1-15(22(28)23(17)29)12-35-25(41)19-13-34-21(39)14-33-19/h1-4,11,13-14H,5-10,12H2,(H,34,39)(H,35,41)(H,36,40). The van der Waals surface area contributed by atoms with Crippen LogP contribution in [0.1, 0.15) is 32.8 Å². The number of H-pyrrole nitrogens is 1. The molecule has 9 nitrogen and oxygen atoms in total. The highest BCUT2D eigenvalue weighted by Crippen LogP contribution is 2.31. The summed E-state index contributed by atoms with van der Waals surface area (Å²) in [6, 6.07) is 6.79. The van der Waals surface area contributed by atoms with Gasteiger partial charge in [0.1, 0.15) is 5.69 Å². The number of aromatic nitrogens is 2. The first-order chi connectivity index (χ1) is 19.4. The smallest absolute Gasteiger partial charge is 0.367 e. The summed E-state index contributed by atoms with van der Waals surface area (Å²) < 4.78 is 67.4. The van der Waals surface area contributed by atoms with Gasteiger partial charge >= 0.3 is 6.18 Å². The summed E-state index contributed by atoms with van der Waals surface area (Å²) in [4.78, 5) is 45.6. The fourth-order valence-electron chi connectivity index (χ4n) is 4.19. The summed E-state index contributed by atoms with van der Waals surface area (Å²) >= 11 is 6.15. The Balaban J connectivity index is 1.42. The molecular formula is C26H24ClF5N6O3. The first kappa shape index (κ1) is 29.9. The minimum Gasteiger partial charge on any atom is -0.367 e. The fraction of sp³-hybridized carbons (Fsp3) is 0.308. The van der Waals surface area contributed by atoms with Gasteiger partial charge in [-0.3, -0.25) is 19.3 Å². The molecule has 1 aromatic heterocycles. The molecule has 0 atom stereocenters. The Morgan fingerprint density at radius 2 is 1.76 bits per heavy atom. The second kappa shape index (κ2) is 12.6. The summed E-state index contributed by atoms with van der Waals surface area (Å²) in [6.07, 6.45) is -3.19. The predicted molar refractivity (Wildman–Crippen MR) is 141 cm³/mol. The number of hydrogen-bond donors (Lipinski definition) is 3. The van der Waals surface area contributed by atoms with Crippen LogP contribution in [0.3, 0.4) is 0 Å². The number of amides is 2. The highest BCUT2D eigenvalue weighted by Gasteiger charge is 2.29. The van der Waals surface area contributed by atoms with Crippen molar-refractivity contribution < 1.29 is 31.5 Å². The first-order valence-corrected chi connectivity index (χ1v) is 12.7. The van der Waals surface area contributed by atoms with E-state index in [0.29, 0.717) is 36.9 Å². The van der Waals surface area contributed by atoms with Gasteiger partial charge in [-0.15, -0.1) is 0 Å². The van der Waals surface area contributed by atoms with E-state index in [1.54, 1.807) is 11.0 Å². The van der Waals surface area contributed by atoms with Gasteiger partial charge in [0.2, 0.25) is 0 Å². The molecular weight excluding hydrogens is 575 g/mol. The molecule has 0 unspecified atom stereocenters. The molecule has 218 valence electrons. The van der Waals surface area contributed by atoms with Gasteiger partial charge < -0.3 is 20.5 Å². The second-order valence-electron chi connectivity index (χ2n) is 9.19. The summed E-state index contributed by atoms with van der Waals surface area (Å²) in [5.41, 5.74) is -0.727. The van der Waals surface area contributed by atoms with Crippen LogP contribution in [0.2, 0.25) is 5.02 Å². The van der Waals surface area contributed by atoms with E-state index in [0.717, 1.165) is 24.5 Å². The number of nitrogens with zero attached hydrogens (tertiary/aromatic N) is 3. The molecule has 0 aliphatic carbocycles. The molecule has 2 amide bonds. The maximum Gasteiger partial charge on any atom is 0.390 e. The van der Waals surface area contributed by atoms with Crippen LogP contribution in [-0.2, 0) is 6.54 Å². The lowest BCUT2D eigenvalue weighted by Crippen LogP contribution is -2.47. The van der Waals surface area contributed by atoms with Crippen LogP contribution in [0.15, 0.2) is 47.5 Å². The van der Waals surface area contributed by atoms with Gasteiger partial charge in [-0.25, -0.2) is 13.8 Å². The van der Waals surface area contributed by atoms with E-state index >= 15 is 0 Å². The van der Waals surface area contributed by atoms with Crippen molar-refractivity contribution in [3.05, 3.63) is 86.6 Å². The zero-order chi connectivity index (χ0) is 29.7. The Morgan fingerprint density at radius 1 is 1.02 bits per heavy atom. The van der Waals surface area contributed by atoms with Crippen LogP contribution in [0.25, 0.3) is 0 Å². The summed E-state index contributed by atoms with van der Waals surface area (Å²) in [6.45, 7) is 0.891. The van der Waals surface area contributed by atoms with Crippen molar-refractivity contribution in [2.24, 2.45) is 0 Å². The molecule has 15 heteroatoms. The summed E-state index contributed by atoms with van der Waals surface area (Å²) in [7, 11) is 0. The van der Waals surface area contributed by atoms with E-state index in [1.165, 1.54) is 12.1 Å². The Morgan fingerprint density at radius 3 is 2.41 bits per heavy atom. The molecule has 0 radical (unpaired) electrons. The molecule has 2 aromatic carbocycles. The number of carbonyl (C=O) groups excluding carboxylic acids is 2. The zero-order valence-electron chi connectivity index (χ0n) is 21.3. The van der Waals surface area contributed by atoms with Gasteiger partial charge in [0.25, 0.3) is 17.4 Å². The van der Waals surface area contributed by atoms with Gasteiger partial charge in [-0.2, -0.15) is 13.2 Å². The maximum absolute atomic E-state index is 14.9. The molecule has 2 heterocycles. The number of carbonyl (C=O) groups is 2. The summed E-state index contributed by atoms with van der Waals surface area (Å²) in [5.74, 6) is -4.44. The quantitative estimate of drug-likeness (QED) is 0.339. The minimum absolute atomic E-state index is 0.120. The number of anilines is 2. The fourth-order valence-corrected chi connectivity index (χ4v) is 4.36. The number of piperazine rings is 1. The van der Waals surface area contributed by atoms with E-state index < -0.39 is 53.7 Å². The van der Waals surface area contributed by atoms with Gasteiger partial charge in [0, 0.05) is 56.1 Å². The van der Waals surface area contributed by atoms with Crippen LogP contribution < -0.4 is 21.1 Å². The Hall–Kier alpha value is -4.04. The molecule has 1 aliphatic heterocycles. The normalized spacial score (nSPS) is 14.1. The third-order valence-corrected chi connectivity index (χ3v) is 6.62. The first-order valence-electron chi connectivity index (χ1n) is 12.4. The van der Waals surface area contributed by atoms with E-state index in [1.807, 2.05) is 4.90 Å². The van der Waals surface area contributed by atoms with Crippen molar-refractivity contribution >= 4 is 34.8 Å². The molecule has 3 N–H and O–H groups in total. The van der Waals surface area contributed by atoms with E-state index in [9.17, 15) is 36.3 Å². The third-order valence-electron chi connectivity index (χ3n) is 6.38. The molecule has 0 bridgehead atoms. The Labute approximate surface area is 235 Å². The number of nitrogens with one attached hydrogen (secondary N) is 3. The number of hydrogen-bond acceptors (Lipinski definition) is 6. The lowest BCUT2D eigenvalue weighted by molar-refractivity contribution is -0.138. The van der Waals surface area contributed by atoms with Gasteiger partial charge in [-0.1, -0.05) is 17.7 Å². The molecule has 1 fully saturated rings. The van der Waals surface area contributed by atoms with Crippen molar-refractivity contribution in [2.75, 3.05) is 42.9 Å². The lowest BCUT2D eigenvalue weighted by atomic mass is 10.1. The Bertz CT molecular complexity index is 1470. The van der Waals surface area contributed by atoms with Crippen molar-refractivity contribution in [2.45, 2.75) is 19.1 Å². The molecule has 41 heavy (non-hydrogen) atoms. The SMILES string of the molecule is O=C(NCc1ccc(C(=O)Nc2ccc(Cl)cc2N2CCN(CCC(F)(F)F)CC2)c(F)c1F)c1c[nH]c(=O)cn1. The minimum atomic E-state index is -4.25. The van der Waals surface area contributed by atoms with Crippen LogP contribution >= 0.6 is 11.6 Å². The largest absolute Gasteiger partial charge is 0.390 e. The molecule has 0 spiro atoms. The average Bonchev–Trinajstić information content (AvgIpc) is 2.93. The maximum atomic E-state index is 14.9. The molecule has 0 saturated carbocycles. The van der Waals surface area contributed by atoms with Gasteiger partial charge in [0.15, 0.2) is 11.6 Å². The van der Waals surface area contributed by atoms with Crippen LogP contribution in [0.5, 0.6) is 0 Å². The van der Waals surface area contributed by atoms with E-state index in [-0.39, 0.29) is 23.5 Å². The van der Waals surface area contributed by atoms with Gasteiger partial charge in [-0.05, 0) is 24.3 Å². The van der Waals surface area contributed by atoms with Gasteiger partial charge in [0.05, 0.1) is 29.6 Å². The van der Waals surface area contributed by atoms with Crippen molar-refractivity contribution in [1.29, 1.82) is 0 Å². The third kappa shape index (κ3) is 7.79. The molecule has 1 saturated heterocycles. The number of aromatic amines is 1. The van der Waals surface area contributed by atoms with Crippen molar-refractivity contribution in [3.63, 3.8) is 0 Å². The van der Waals surface area contributed by atoms with Crippen LogP contribution in [0, 0.1) is 11.6 Å². The topological polar surface area (TPSA) is 110 Å². The molecule has 1 aliphatic rings. The number of alkyl halides is 3. The number of halogens is 6. The zero-order valence-corrected chi connectivity index (χ0v) is 22.1. The van der Waals surface area contributed by atoms with Crippen LogP contribution in [-0.4, -0.2) is 65.6 Å². The molecule has 3 aromatic rings. The van der Waals surface area contributed by atoms with Crippen molar-refractivity contribution in [3.8, 4) is 0 Å². The highest BCUT2D eigenvalue weighted by molar-refractivity contribution is 6.31. The predicted octanol–water partition coefficient (Wildman–Crippen LogP) is 3.96. The Kier molecular flexibility index (Phi) is 9.23. The average molecular weight is 599 g/mol. The second-order valence-corrected chi connectivity index (χ2v) is 9.63. The lowest BCUT2D eigenvalue weighted by Gasteiger charge is -2.37. The van der Waals surface area contributed by atoms with Crippen LogP contribution in [0.4, 0.5) is 33.3 Å². The summed E-state index contributed by atoms with van der Waals surface area (Å²) in [5, 5.41) is 5.25. The van der Waals surface area contributed by atoms with E-state index in [4.69, 9.17) is 11.6 Å². The number of rotatable bonds is 8. The van der Waals surface area contributed by atoms with E-state index in [2.05, 4.69) is 20.6 Å². The monoisotopic (exact) mass is 598 g/mol. The highest BCUT2D eigenvalue weighted by atomic mass is 35.5. The molecule has 4 rings (SSSR count). The van der Waals surface area contributed by atoms with Crippen molar-refractivity contribution in [1.82, 2.24) is 20.2 Å².